The SMILES string of the molecule is CN(Cc1cccnc1)C(=O)CC1CCN(C(=O)OC(C)(C)C)CC1. The first-order valence-electron chi connectivity index (χ1n) is 8.85. The molecule has 0 atom stereocenters. The summed E-state index contributed by atoms with van der Waals surface area (Å²) in [6, 6.07) is 3.84. The molecule has 2 amide bonds. The van der Waals surface area contributed by atoms with E-state index in [4.69, 9.17) is 4.74 Å². The van der Waals surface area contributed by atoms with Gasteiger partial charge >= 0.3 is 6.09 Å². The van der Waals surface area contributed by atoms with Gasteiger partial charge in [0.1, 0.15) is 5.60 Å². The van der Waals surface area contributed by atoms with Crippen LogP contribution in [0.25, 0.3) is 0 Å². The maximum Gasteiger partial charge on any atom is 0.410 e. The molecule has 1 aromatic heterocycles. The Morgan fingerprint density at radius 2 is 2.00 bits per heavy atom. The fourth-order valence-electron chi connectivity index (χ4n) is 2.90. The van der Waals surface area contributed by atoms with Crippen molar-refractivity contribution in [2.24, 2.45) is 5.92 Å². The largest absolute Gasteiger partial charge is 0.444 e. The van der Waals surface area contributed by atoms with Gasteiger partial charge in [0, 0.05) is 45.5 Å². The van der Waals surface area contributed by atoms with E-state index >= 15 is 0 Å². The highest BCUT2D eigenvalue weighted by Gasteiger charge is 2.28. The van der Waals surface area contributed by atoms with E-state index in [0.29, 0.717) is 32.0 Å². The van der Waals surface area contributed by atoms with Gasteiger partial charge in [-0.25, -0.2) is 4.79 Å². The topological polar surface area (TPSA) is 62.7 Å². The Morgan fingerprint density at radius 3 is 2.56 bits per heavy atom. The van der Waals surface area contributed by atoms with Gasteiger partial charge in [0.05, 0.1) is 0 Å². The van der Waals surface area contributed by atoms with E-state index < -0.39 is 5.60 Å². The van der Waals surface area contributed by atoms with Gasteiger partial charge in [0.2, 0.25) is 5.91 Å². The Labute approximate surface area is 150 Å². The molecule has 2 rings (SSSR count). The Hall–Kier alpha value is -2.11. The average molecular weight is 347 g/mol. The first kappa shape index (κ1) is 19.2. The highest BCUT2D eigenvalue weighted by Crippen LogP contribution is 2.23. The maximum atomic E-state index is 12.4. The third-order valence-corrected chi connectivity index (χ3v) is 4.30. The van der Waals surface area contributed by atoms with Crippen LogP contribution in [0.4, 0.5) is 4.79 Å². The van der Waals surface area contributed by atoms with Crippen molar-refractivity contribution < 1.29 is 14.3 Å². The van der Waals surface area contributed by atoms with E-state index in [-0.39, 0.29) is 12.0 Å². The predicted molar refractivity (Wildman–Crippen MR) is 95.9 cm³/mol. The summed E-state index contributed by atoms with van der Waals surface area (Å²) in [6.45, 7) is 7.49. The molecule has 0 radical (unpaired) electrons. The highest BCUT2D eigenvalue weighted by atomic mass is 16.6. The Kier molecular flexibility index (Phi) is 6.39. The Morgan fingerprint density at radius 1 is 1.32 bits per heavy atom. The van der Waals surface area contributed by atoms with Crippen LogP contribution in [0, 0.1) is 5.92 Å². The zero-order chi connectivity index (χ0) is 18.4. The van der Waals surface area contributed by atoms with Gasteiger partial charge in [0.15, 0.2) is 0 Å². The third-order valence-electron chi connectivity index (χ3n) is 4.30. The normalized spacial score (nSPS) is 15.8. The van der Waals surface area contributed by atoms with Crippen LogP contribution in [0.5, 0.6) is 0 Å². The van der Waals surface area contributed by atoms with Crippen molar-refractivity contribution in [3.63, 3.8) is 0 Å². The van der Waals surface area contributed by atoms with Crippen molar-refractivity contribution in [3.05, 3.63) is 30.1 Å². The molecule has 0 aromatic carbocycles. The second-order valence-electron chi connectivity index (χ2n) is 7.73. The van der Waals surface area contributed by atoms with Crippen LogP contribution in [0.1, 0.15) is 45.6 Å². The molecule has 6 heteroatoms. The van der Waals surface area contributed by atoms with Crippen LogP contribution in [-0.4, -0.2) is 52.5 Å². The molecule has 6 nitrogen and oxygen atoms in total. The quantitative estimate of drug-likeness (QED) is 0.840. The van der Waals surface area contributed by atoms with Crippen molar-refractivity contribution in [2.45, 2.75) is 52.2 Å². The lowest BCUT2D eigenvalue weighted by Gasteiger charge is -2.33. The van der Waals surface area contributed by atoms with E-state index in [0.717, 1.165) is 18.4 Å². The van der Waals surface area contributed by atoms with Crippen molar-refractivity contribution in [1.82, 2.24) is 14.8 Å². The summed E-state index contributed by atoms with van der Waals surface area (Å²) in [7, 11) is 1.82. The first-order chi connectivity index (χ1) is 11.7. The molecule has 1 saturated heterocycles. The number of piperidine rings is 1. The number of carbonyl (C=O) groups excluding carboxylic acids is 2. The van der Waals surface area contributed by atoms with Crippen LogP contribution >= 0.6 is 0 Å². The smallest absolute Gasteiger partial charge is 0.410 e. The molecule has 1 fully saturated rings. The number of nitrogens with zero attached hydrogens (tertiary/aromatic N) is 3. The summed E-state index contributed by atoms with van der Waals surface area (Å²) in [4.78, 5) is 32.1. The zero-order valence-electron chi connectivity index (χ0n) is 15.7. The molecular weight excluding hydrogens is 318 g/mol. The maximum absolute atomic E-state index is 12.4. The Bertz CT molecular complexity index is 575. The molecular formula is C19H29N3O3. The minimum absolute atomic E-state index is 0.138. The first-order valence-corrected chi connectivity index (χ1v) is 8.85. The lowest BCUT2D eigenvalue weighted by Crippen LogP contribution is -2.42. The number of rotatable bonds is 4. The molecule has 0 N–H and O–H groups in total. The van der Waals surface area contributed by atoms with Gasteiger partial charge < -0.3 is 14.5 Å². The van der Waals surface area contributed by atoms with E-state index in [9.17, 15) is 9.59 Å². The molecule has 0 bridgehead atoms. The second-order valence-corrected chi connectivity index (χ2v) is 7.73. The molecule has 2 heterocycles. The number of aromatic nitrogens is 1. The minimum Gasteiger partial charge on any atom is -0.444 e. The van der Waals surface area contributed by atoms with Crippen LogP contribution in [0.15, 0.2) is 24.5 Å². The minimum atomic E-state index is -0.473. The van der Waals surface area contributed by atoms with Gasteiger partial charge in [-0.05, 0) is 51.2 Å². The average Bonchev–Trinajstić information content (AvgIpc) is 2.54. The molecule has 0 unspecified atom stereocenters. The van der Waals surface area contributed by atoms with Crippen molar-refractivity contribution >= 4 is 12.0 Å². The molecule has 0 spiro atoms. The van der Waals surface area contributed by atoms with Gasteiger partial charge in [-0.2, -0.15) is 0 Å². The second kappa shape index (κ2) is 8.32. The molecule has 1 aliphatic heterocycles. The van der Waals surface area contributed by atoms with Crippen molar-refractivity contribution in [3.8, 4) is 0 Å². The number of pyridine rings is 1. The van der Waals surface area contributed by atoms with Crippen molar-refractivity contribution in [1.29, 1.82) is 0 Å². The van der Waals surface area contributed by atoms with E-state index in [2.05, 4.69) is 4.98 Å². The van der Waals surface area contributed by atoms with Crippen LogP contribution in [0.2, 0.25) is 0 Å². The Balaban J connectivity index is 1.75. The number of hydrogen-bond donors (Lipinski definition) is 0. The van der Waals surface area contributed by atoms with Gasteiger partial charge in [-0.3, -0.25) is 9.78 Å². The molecule has 25 heavy (non-hydrogen) atoms. The fourth-order valence-corrected chi connectivity index (χ4v) is 2.90. The lowest BCUT2D eigenvalue weighted by molar-refractivity contribution is -0.131. The number of carbonyl (C=O) groups is 2. The van der Waals surface area contributed by atoms with Gasteiger partial charge in [-0.1, -0.05) is 6.07 Å². The lowest BCUT2D eigenvalue weighted by atomic mass is 9.93. The zero-order valence-corrected chi connectivity index (χ0v) is 15.7. The van der Waals surface area contributed by atoms with Crippen molar-refractivity contribution in [2.75, 3.05) is 20.1 Å². The summed E-state index contributed by atoms with van der Waals surface area (Å²) in [5.41, 5.74) is 0.553. The number of likely N-dealkylation sites (tertiary alicyclic amines) is 1. The molecule has 0 aliphatic carbocycles. The molecule has 1 aliphatic rings. The summed E-state index contributed by atoms with van der Waals surface area (Å²) in [5, 5.41) is 0. The van der Waals surface area contributed by atoms with Gasteiger partial charge in [-0.15, -0.1) is 0 Å². The third kappa shape index (κ3) is 6.36. The van der Waals surface area contributed by atoms with Crippen LogP contribution < -0.4 is 0 Å². The fraction of sp³-hybridized carbons (Fsp3) is 0.632. The molecule has 1 aromatic rings. The van der Waals surface area contributed by atoms with Crippen LogP contribution in [-0.2, 0) is 16.1 Å². The van der Waals surface area contributed by atoms with Gasteiger partial charge in [0.25, 0.3) is 0 Å². The van der Waals surface area contributed by atoms with E-state index in [1.54, 1.807) is 22.2 Å². The molecule has 138 valence electrons. The summed E-state index contributed by atoms with van der Waals surface area (Å²) < 4.78 is 5.40. The number of amides is 2. The summed E-state index contributed by atoms with van der Waals surface area (Å²) >= 11 is 0. The monoisotopic (exact) mass is 347 g/mol. The predicted octanol–water partition coefficient (Wildman–Crippen LogP) is 3.08. The molecule has 0 saturated carbocycles. The van der Waals surface area contributed by atoms with E-state index in [1.807, 2.05) is 40.0 Å². The summed E-state index contributed by atoms with van der Waals surface area (Å²) in [5.74, 6) is 0.460. The highest BCUT2D eigenvalue weighted by molar-refractivity contribution is 5.76. The number of ether oxygens (including phenoxy) is 1. The van der Waals surface area contributed by atoms with E-state index in [1.165, 1.54) is 0 Å². The standard InChI is InChI=1S/C19H29N3O3/c1-19(2,3)25-18(24)22-10-7-15(8-11-22)12-17(23)21(4)14-16-6-5-9-20-13-16/h5-6,9,13,15H,7-8,10-12,14H2,1-4H3. The van der Waals surface area contributed by atoms with Crippen LogP contribution in [0.3, 0.4) is 0 Å². The number of hydrogen-bond acceptors (Lipinski definition) is 4. The summed E-state index contributed by atoms with van der Waals surface area (Å²) in [6.07, 6.45) is 5.45.